The molecular formula is C11H8ClNO3. The van der Waals surface area contributed by atoms with Crippen molar-refractivity contribution in [2.24, 2.45) is 0 Å². The number of ether oxygens (including phenoxy) is 1. The Labute approximate surface area is 96.8 Å². The maximum Gasteiger partial charge on any atom is 0.343 e. The van der Waals surface area contributed by atoms with Crippen molar-refractivity contribution in [3.8, 4) is 11.3 Å². The standard InChI is InChI=1S/C11H8ClNO3/c1-15-11(14)8-6-13-16-10(8)7-4-2-3-5-9(7)12/h2-6H,1H3. The fourth-order valence-corrected chi connectivity index (χ4v) is 1.56. The van der Waals surface area contributed by atoms with Crippen LogP contribution in [0.5, 0.6) is 0 Å². The second kappa shape index (κ2) is 4.37. The maximum atomic E-state index is 11.4. The number of halogens is 1. The second-order valence-corrected chi connectivity index (χ2v) is 3.45. The van der Waals surface area contributed by atoms with Crippen molar-refractivity contribution in [3.63, 3.8) is 0 Å². The number of nitrogens with zero attached hydrogens (tertiary/aromatic N) is 1. The van der Waals surface area contributed by atoms with E-state index in [0.717, 1.165) is 0 Å². The number of aromatic nitrogens is 1. The van der Waals surface area contributed by atoms with E-state index in [9.17, 15) is 4.79 Å². The van der Waals surface area contributed by atoms with Gasteiger partial charge in [-0.15, -0.1) is 0 Å². The van der Waals surface area contributed by atoms with Gasteiger partial charge in [0.15, 0.2) is 5.76 Å². The third-order valence-electron chi connectivity index (χ3n) is 2.09. The first kappa shape index (κ1) is 10.7. The molecule has 2 rings (SSSR count). The summed E-state index contributed by atoms with van der Waals surface area (Å²) in [5.74, 6) is -0.186. The Hall–Kier alpha value is -1.81. The lowest BCUT2D eigenvalue weighted by Crippen LogP contribution is -2.01. The van der Waals surface area contributed by atoms with Crippen LogP contribution in [0.1, 0.15) is 10.4 Å². The SMILES string of the molecule is COC(=O)c1cnoc1-c1ccccc1Cl. The Morgan fingerprint density at radius 3 is 2.88 bits per heavy atom. The summed E-state index contributed by atoms with van der Waals surface area (Å²) >= 11 is 6.00. The third kappa shape index (κ3) is 1.79. The monoisotopic (exact) mass is 237 g/mol. The summed E-state index contributed by atoms with van der Waals surface area (Å²) in [5, 5.41) is 4.06. The van der Waals surface area contributed by atoms with Gasteiger partial charge in [-0.3, -0.25) is 0 Å². The summed E-state index contributed by atoms with van der Waals surface area (Å²) in [6.45, 7) is 0. The van der Waals surface area contributed by atoms with Crippen LogP contribution < -0.4 is 0 Å². The van der Waals surface area contributed by atoms with Gasteiger partial charge in [0.25, 0.3) is 0 Å². The first-order valence-corrected chi connectivity index (χ1v) is 4.89. The lowest BCUT2D eigenvalue weighted by Gasteiger charge is -2.01. The summed E-state index contributed by atoms with van der Waals surface area (Å²) in [4.78, 5) is 11.4. The van der Waals surface area contributed by atoms with E-state index >= 15 is 0 Å². The van der Waals surface area contributed by atoms with Crippen LogP contribution in [-0.4, -0.2) is 18.2 Å². The van der Waals surface area contributed by atoms with Crippen molar-refractivity contribution >= 4 is 17.6 Å². The van der Waals surface area contributed by atoms with E-state index in [1.54, 1.807) is 24.3 Å². The molecule has 0 bridgehead atoms. The van der Waals surface area contributed by atoms with Gasteiger partial charge < -0.3 is 9.26 Å². The maximum absolute atomic E-state index is 11.4. The molecule has 0 aliphatic carbocycles. The number of rotatable bonds is 2. The normalized spacial score (nSPS) is 10.1. The number of hydrogen-bond acceptors (Lipinski definition) is 4. The number of carbonyl (C=O) groups excluding carboxylic acids is 1. The van der Waals surface area contributed by atoms with E-state index < -0.39 is 5.97 Å². The molecule has 82 valence electrons. The van der Waals surface area contributed by atoms with Crippen molar-refractivity contribution in [1.29, 1.82) is 0 Å². The third-order valence-corrected chi connectivity index (χ3v) is 2.42. The average Bonchev–Trinajstić information content (AvgIpc) is 2.77. The molecule has 0 aliphatic rings. The lowest BCUT2D eigenvalue weighted by molar-refractivity contribution is 0.0601. The first-order chi connectivity index (χ1) is 7.74. The number of methoxy groups -OCH3 is 1. The summed E-state index contributed by atoms with van der Waals surface area (Å²) in [6, 6.07) is 7.04. The van der Waals surface area contributed by atoms with Crippen molar-refractivity contribution in [1.82, 2.24) is 5.16 Å². The number of esters is 1. The Morgan fingerprint density at radius 1 is 1.44 bits per heavy atom. The molecule has 0 saturated heterocycles. The van der Waals surface area contributed by atoms with E-state index in [1.165, 1.54) is 13.3 Å². The van der Waals surface area contributed by atoms with E-state index in [4.69, 9.17) is 16.1 Å². The topological polar surface area (TPSA) is 52.3 Å². The van der Waals surface area contributed by atoms with Crippen LogP contribution in [0.4, 0.5) is 0 Å². The van der Waals surface area contributed by atoms with Crippen LogP contribution in [0, 0.1) is 0 Å². The molecular weight excluding hydrogens is 230 g/mol. The fourth-order valence-electron chi connectivity index (χ4n) is 1.33. The van der Waals surface area contributed by atoms with Gasteiger partial charge in [-0.2, -0.15) is 0 Å². The molecule has 16 heavy (non-hydrogen) atoms. The number of benzene rings is 1. The zero-order chi connectivity index (χ0) is 11.5. The highest BCUT2D eigenvalue weighted by Crippen LogP contribution is 2.30. The minimum Gasteiger partial charge on any atom is -0.465 e. The molecule has 5 heteroatoms. The molecule has 0 radical (unpaired) electrons. The molecule has 0 fully saturated rings. The second-order valence-electron chi connectivity index (χ2n) is 3.04. The Kier molecular flexibility index (Phi) is 2.92. The molecule has 1 aromatic heterocycles. The van der Waals surface area contributed by atoms with Crippen molar-refractivity contribution in [3.05, 3.63) is 41.0 Å². The molecule has 0 spiro atoms. The molecule has 0 N–H and O–H groups in total. The molecule has 4 nitrogen and oxygen atoms in total. The quantitative estimate of drug-likeness (QED) is 0.754. The van der Waals surface area contributed by atoms with Crippen LogP contribution in [-0.2, 0) is 4.74 Å². The summed E-state index contributed by atoms with van der Waals surface area (Å²) in [7, 11) is 1.30. The Bertz CT molecular complexity index is 521. The molecule has 0 saturated carbocycles. The van der Waals surface area contributed by atoms with Gasteiger partial charge in [-0.05, 0) is 12.1 Å². The van der Waals surface area contributed by atoms with Gasteiger partial charge in [0.05, 0.1) is 18.3 Å². The van der Waals surface area contributed by atoms with Gasteiger partial charge >= 0.3 is 5.97 Å². The van der Waals surface area contributed by atoms with Gasteiger partial charge in [0.2, 0.25) is 0 Å². The van der Waals surface area contributed by atoms with E-state index in [2.05, 4.69) is 9.89 Å². The zero-order valence-corrected chi connectivity index (χ0v) is 9.19. The highest BCUT2D eigenvalue weighted by molar-refractivity contribution is 6.33. The van der Waals surface area contributed by atoms with Crippen molar-refractivity contribution < 1.29 is 14.1 Å². The fraction of sp³-hybridized carbons (Fsp3) is 0.0909. The highest BCUT2D eigenvalue weighted by atomic mass is 35.5. The Balaban J connectivity index is 2.53. The van der Waals surface area contributed by atoms with Gasteiger partial charge in [-0.1, -0.05) is 28.9 Å². The summed E-state index contributed by atoms with van der Waals surface area (Å²) in [5.41, 5.74) is 0.873. The molecule has 2 aromatic rings. The summed E-state index contributed by atoms with van der Waals surface area (Å²) < 4.78 is 9.63. The minimum atomic E-state index is -0.504. The molecule has 0 atom stereocenters. The molecule has 1 heterocycles. The van der Waals surface area contributed by atoms with Crippen LogP contribution in [0.15, 0.2) is 35.0 Å². The average molecular weight is 238 g/mol. The molecule has 0 aliphatic heterocycles. The van der Waals surface area contributed by atoms with Crippen LogP contribution in [0.25, 0.3) is 11.3 Å². The number of hydrogen-bond donors (Lipinski definition) is 0. The van der Waals surface area contributed by atoms with Crippen LogP contribution >= 0.6 is 11.6 Å². The van der Waals surface area contributed by atoms with E-state index in [-0.39, 0.29) is 5.56 Å². The van der Waals surface area contributed by atoms with E-state index in [1.807, 2.05) is 0 Å². The van der Waals surface area contributed by atoms with Crippen LogP contribution in [0.3, 0.4) is 0 Å². The molecule has 0 amide bonds. The Morgan fingerprint density at radius 2 is 2.19 bits per heavy atom. The molecule has 0 unspecified atom stereocenters. The summed E-state index contributed by atoms with van der Waals surface area (Å²) in [6.07, 6.45) is 1.31. The van der Waals surface area contributed by atoms with Gasteiger partial charge in [-0.25, -0.2) is 4.79 Å². The van der Waals surface area contributed by atoms with Crippen molar-refractivity contribution in [2.45, 2.75) is 0 Å². The lowest BCUT2D eigenvalue weighted by atomic mass is 10.1. The predicted molar refractivity (Wildman–Crippen MR) is 58.3 cm³/mol. The first-order valence-electron chi connectivity index (χ1n) is 4.52. The minimum absolute atomic E-state index is 0.260. The molecule has 1 aromatic carbocycles. The van der Waals surface area contributed by atoms with Gasteiger partial charge in [0.1, 0.15) is 5.56 Å². The largest absolute Gasteiger partial charge is 0.465 e. The zero-order valence-electron chi connectivity index (χ0n) is 8.44. The highest BCUT2D eigenvalue weighted by Gasteiger charge is 2.19. The van der Waals surface area contributed by atoms with E-state index in [0.29, 0.717) is 16.3 Å². The van der Waals surface area contributed by atoms with Crippen molar-refractivity contribution in [2.75, 3.05) is 7.11 Å². The number of carbonyl (C=O) groups is 1. The smallest absolute Gasteiger partial charge is 0.343 e. The van der Waals surface area contributed by atoms with Gasteiger partial charge in [0, 0.05) is 5.56 Å². The predicted octanol–water partition coefficient (Wildman–Crippen LogP) is 2.78. The van der Waals surface area contributed by atoms with Crippen LogP contribution in [0.2, 0.25) is 5.02 Å².